The van der Waals surface area contributed by atoms with E-state index in [0.717, 1.165) is 25.9 Å². The van der Waals surface area contributed by atoms with Gasteiger partial charge in [-0.25, -0.2) is 4.79 Å². The van der Waals surface area contributed by atoms with Crippen molar-refractivity contribution in [3.63, 3.8) is 0 Å². The third kappa shape index (κ3) is 0.916. The molecule has 3 aliphatic rings. The van der Waals surface area contributed by atoms with Crippen molar-refractivity contribution in [2.75, 3.05) is 20.1 Å². The largest absolute Gasteiger partial charge is 0.323 e. The Morgan fingerprint density at radius 3 is 3.00 bits per heavy atom. The molecule has 0 saturated carbocycles. The number of nitrogens with zero attached hydrogens (tertiary/aromatic N) is 2. The number of urea groups is 1. The molecule has 15 heavy (non-hydrogen) atoms. The molecule has 0 aromatic heterocycles. The van der Waals surface area contributed by atoms with Crippen LogP contribution in [0.3, 0.4) is 0 Å². The number of amidine groups is 1. The Kier molecular flexibility index (Phi) is 1.66. The average molecular weight is 208 g/mol. The lowest BCUT2D eigenvalue weighted by Gasteiger charge is -2.35. The molecule has 5 heteroatoms. The van der Waals surface area contributed by atoms with Crippen molar-refractivity contribution in [3.8, 4) is 0 Å². The first-order valence-electron chi connectivity index (χ1n) is 5.54. The van der Waals surface area contributed by atoms with E-state index in [1.54, 1.807) is 4.90 Å². The van der Waals surface area contributed by atoms with Crippen LogP contribution in [0.25, 0.3) is 0 Å². The smallest absolute Gasteiger partial charge is 0.313 e. The highest BCUT2D eigenvalue weighted by molar-refractivity contribution is 6.09. The van der Waals surface area contributed by atoms with Gasteiger partial charge in [0.2, 0.25) is 0 Å². The minimum absolute atomic E-state index is 0.117. The van der Waals surface area contributed by atoms with Crippen molar-refractivity contribution in [2.45, 2.75) is 30.8 Å². The average Bonchev–Trinajstić information content (AvgIpc) is 2.80. The van der Waals surface area contributed by atoms with Crippen LogP contribution in [0, 0.1) is 5.41 Å². The van der Waals surface area contributed by atoms with E-state index in [1.165, 1.54) is 6.42 Å². The van der Waals surface area contributed by atoms with Crippen LogP contribution in [0.5, 0.6) is 0 Å². The highest BCUT2D eigenvalue weighted by Crippen LogP contribution is 2.41. The first-order valence-corrected chi connectivity index (χ1v) is 5.54. The maximum absolute atomic E-state index is 11.6. The lowest BCUT2D eigenvalue weighted by atomic mass is 9.87. The summed E-state index contributed by atoms with van der Waals surface area (Å²) in [6.45, 7) is 2.15. The molecule has 2 amide bonds. The Balaban J connectivity index is 2.02. The van der Waals surface area contributed by atoms with E-state index in [4.69, 9.17) is 5.41 Å². The molecule has 3 aliphatic heterocycles. The van der Waals surface area contributed by atoms with E-state index in [-0.39, 0.29) is 11.6 Å². The molecule has 2 unspecified atom stereocenters. The zero-order chi connectivity index (χ0) is 10.6. The molecule has 82 valence electrons. The number of carbonyl (C=O) groups is 1. The molecule has 0 aromatic rings. The molecule has 0 aromatic carbocycles. The zero-order valence-electron chi connectivity index (χ0n) is 8.92. The lowest BCUT2D eigenvalue weighted by molar-refractivity contribution is 0.169. The van der Waals surface area contributed by atoms with Crippen molar-refractivity contribution in [1.29, 1.82) is 5.41 Å². The molecule has 3 rings (SSSR count). The van der Waals surface area contributed by atoms with Crippen molar-refractivity contribution in [1.82, 2.24) is 15.1 Å². The van der Waals surface area contributed by atoms with Gasteiger partial charge >= 0.3 is 6.03 Å². The van der Waals surface area contributed by atoms with Crippen molar-refractivity contribution in [3.05, 3.63) is 0 Å². The highest BCUT2D eigenvalue weighted by atomic mass is 16.2. The summed E-state index contributed by atoms with van der Waals surface area (Å²) in [4.78, 5) is 15.8. The summed E-state index contributed by atoms with van der Waals surface area (Å²) in [5.41, 5.74) is -0.340. The number of likely N-dealkylation sites (N-methyl/N-ethyl adjacent to an activating group) is 1. The van der Waals surface area contributed by atoms with Gasteiger partial charge in [-0.15, -0.1) is 0 Å². The number of rotatable bonds is 0. The van der Waals surface area contributed by atoms with E-state index >= 15 is 0 Å². The monoisotopic (exact) mass is 208 g/mol. The Hall–Kier alpha value is -1.10. The van der Waals surface area contributed by atoms with E-state index in [1.807, 2.05) is 7.05 Å². The predicted molar refractivity (Wildman–Crippen MR) is 56.0 cm³/mol. The minimum atomic E-state index is -0.340. The molecule has 1 spiro atoms. The fourth-order valence-corrected chi connectivity index (χ4v) is 3.45. The predicted octanol–water partition coefficient (Wildman–Crippen LogP) is 0.226. The molecule has 5 nitrogen and oxygen atoms in total. The summed E-state index contributed by atoms with van der Waals surface area (Å²) < 4.78 is 0. The SMILES string of the molecule is CN1C(=O)NC(=N)C12CCN1CCCC12. The number of amides is 2. The molecular weight excluding hydrogens is 192 g/mol. The number of carbonyl (C=O) groups excluding carboxylic acids is 1. The van der Waals surface area contributed by atoms with Crippen LogP contribution in [-0.2, 0) is 0 Å². The van der Waals surface area contributed by atoms with Crippen LogP contribution in [0.2, 0.25) is 0 Å². The minimum Gasteiger partial charge on any atom is -0.313 e. The first kappa shape index (κ1) is 9.15. The summed E-state index contributed by atoms with van der Waals surface area (Å²) in [5, 5.41) is 10.7. The maximum atomic E-state index is 11.6. The molecular formula is C10H16N4O. The maximum Gasteiger partial charge on any atom is 0.323 e. The Labute approximate surface area is 88.9 Å². The molecule has 3 saturated heterocycles. The summed E-state index contributed by atoms with van der Waals surface area (Å²) in [5.74, 6) is 0.407. The molecule has 2 N–H and O–H groups in total. The Bertz CT molecular complexity index is 342. The van der Waals surface area contributed by atoms with Gasteiger partial charge in [-0.05, 0) is 25.8 Å². The van der Waals surface area contributed by atoms with Crippen LogP contribution in [0.4, 0.5) is 4.79 Å². The lowest BCUT2D eigenvalue weighted by Crippen LogP contribution is -2.54. The van der Waals surface area contributed by atoms with Crippen LogP contribution in [0.15, 0.2) is 0 Å². The second-order valence-corrected chi connectivity index (χ2v) is 4.73. The quantitative estimate of drug-likeness (QED) is 0.598. The summed E-state index contributed by atoms with van der Waals surface area (Å²) in [7, 11) is 1.82. The molecule has 0 aliphatic carbocycles. The normalized spacial score (nSPS) is 40.3. The van der Waals surface area contributed by atoms with E-state index in [0.29, 0.717) is 11.9 Å². The number of fused-ring (bicyclic) bond motifs is 2. The van der Waals surface area contributed by atoms with Crippen molar-refractivity contribution >= 4 is 11.9 Å². The summed E-state index contributed by atoms with van der Waals surface area (Å²) in [6, 6.07) is 0.252. The van der Waals surface area contributed by atoms with Gasteiger partial charge in [-0.2, -0.15) is 0 Å². The van der Waals surface area contributed by atoms with Gasteiger partial charge in [0.25, 0.3) is 0 Å². The van der Waals surface area contributed by atoms with Crippen LogP contribution in [0.1, 0.15) is 19.3 Å². The fourth-order valence-electron chi connectivity index (χ4n) is 3.45. The van der Waals surface area contributed by atoms with Gasteiger partial charge in [0.15, 0.2) is 0 Å². The molecule has 3 heterocycles. The van der Waals surface area contributed by atoms with E-state index in [2.05, 4.69) is 10.2 Å². The van der Waals surface area contributed by atoms with Gasteiger partial charge in [-0.3, -0.25) is 15.6 Å². The molecule has 2 atom stereocenters. The summed E-state index contributed by atoms with van der Waals surface area (Å²) in [6.07, 6.45) is 3.22. The molecule has 0 bridgehead atoms. The highest BCUT2D eigenvalue weighted by Gasteiger charge is 2.59. The third-order valence-corrected chi connectivity index (χ3v) is 4.26. The van der Waals surface area contributed by atoms with Crippen LogP contribution >= 0.6 is 0 Å². The van der Waals surface area contributed by atoms with Gasteiger partial charge in [0.05, 0.1) is 0 Å². The van der Waals surface area contributed by atoms with Gasteiger partial charge in [0.1, 0.15) is 11.4 Å². The first-order chi connectivity index (χ1) is 7.16. The van der Waals surface area contributed by atoms with Gasteiger partial charge in [-0.1, -0.05) is 0 Å². The second kappa shape index (κ2) is 2.72. The second-order valence-electron chi connectivity index (χ2n) is 4.73. The standard InChI is InChI=1S/C10H16N4O/c1-13-9(15)12-8(11)10(13)4-6-14-5-2-3-7(10)14/h7H,2-6H2,1H3,(H2,11,12,15). The van der Waals surface area contributed by atoms with Crippen molar-refractivity contribution < 1.29 is 4.79 Å². The Morgan fingerprint density at radius 1 is 1.53 bits per heavy atom. The summed E-state index contributed by atoms with van der Waals surface area (Å²) >= 11 is 0. The third-order valence-electron chi connectivity index (χ3n) is 4.26. The topological polar surface area (TPSA) is 59.4 Å². The zero-order valence-corrected chi connectivity index (χ0v) is 8.92. The van der Waals surface area contributed by atoms with Crippen LogP contribution < -0.4 is 5.32 Å². The van der Waals surface area contributed by atoms with E-state index < -0.39 is 0 Å². The van der Waals surface area contributed by atoms with Crippen molar-refractivity contribution in [2.24, 2.45) is 0 Å². The number of hydrogen-bond donors (Lipinski definition) is 2. The van der Waals surface area contributed by atoms with E-state index in [9.17, 15) is 4.79 Å². The van der Waals surface area contributed by atoms with Crippen LogP contribution in [-0.4, -0.2) is 53.4 Å². The Morgan fingerprint density at radius 2 is 2.33 bits per heavy atom. The van der Waals surface area contributed by atoms with Gasteiger partial charge < -0.3 is 4.90 Å². The molecule has 0 radical (unpaired) electrons. The van der Waals surface area contributed by atoms with Gasteiger partial charge in [0, 0.05) is 19.6 Å². The number of hydrogen-bond acceptors (Lipinski definition) is 3. The number of nitrogens with one attached hydrogen (secondary N) is 2. The molecule has 3 fully saturated rings. The fraction of sp³-hybridized carbons (Fsp3) is 0.800.